The van der Waals surface area contributed by atoms with Gasteiger partial charge < -0.3 is 5.32 Å². The number of hydrogen-bond donors (Lipinski definition) is 1. The van der Waals surface area contributed by atoms with E-state index in [0.29, 0.717) is 10.8 Å². The zero-order valence-electron chi connectivity index (χ0n) is 11.9. The van der Waals surface area contributed by atoms with Gasteiger partial charge in [0, 0.05) is 6.54 Å². The lowest BCUT2D eigenvalue weighted by Gasteiger charge is -2.32. The molecule has 1 N–H and O–H groups in total. The first-order chi connectivity index (χ1) is 7.47. The second kappa shape index (κ2) is 6.05. The molecular formula is C15H31N. The van der Waals surface area contributed by atoms with Gasteiger partial charge in [-0.15, -0.1) is 0 Å². The van der Waals surface area contributed by atoms with Gasteiger partial charge in [0.05, 0.1) is 0 Å². The summed E-state index contributed by atoms with van der Waals surface area (Å²) in [7, 11) is 0. The monoisotopic (exact) mass is 225 g/mol. The van der Waals surface area contributed by atoms with Crippen LogP contribution in [0.15, 0.2) is 0 Å². The molecule has 1 nitrogen and oxygen atoms in total. The Bertz CT molecular complexity index is 184. The summed E-state index contributed by atoms with van der Waals surface area (Å²) in [5.74, 6) is 0. The van der Waals surface area contributed by atoms with Crippen molar-refractivity contribution in [1.29, 1.82) is 0 Å². The summed E-state index contributed by atoms with van der Waals surface area (Å²) in [5, 5.41) is 3.65. The second-order valence-electron chi connectivity index (χ2n) is 6.94. The largest absolute Gasteiger partial charge is 0.316 e. The van der Waals surface area contributed by atoms with Crippen LogP contribution in [0.25, 0.3) is 0 Å². The molecule has 0 aliphatic heterocycles. The van der Waals surface area contributed by atoms with Gasteiger partial charge in [-0.25, -0.2) is 0 Å². The SMILES string of the molecule is CCCNCC1(CCC(C)(C)C)CCCC1. The maximum Gasteiger partial charge on any atom is 0.000781 e. The third kappa shape index (κ3) is 4.86. The number of rotatable bonds is 6. The van der Waals surface area contributed by atoms with Crippen LogP contribution >= 0.6 is 0 Å². The summed E-state index contributed by atoms with van der Waals surface area (Å²) in [4.78, 5) is 0. The van der Waals surface area contributed by atoms with Crippen LogP contribution in [0.2, 0.25) is 0 Å². The van der Waals surface area contributed by atoms with Crippen LogP contribution in [0.5, 0.6) is 0 Å². The molecular weight excluding hydrogens is 194 g/mol. The molecule has 1 rings (SSSR count). The average molecular weight is 225 g/mol. The van der Waals surface area contributed by atoms with Gasteiger partial charge in [-0.05, 0) is 49.5 Å². The summed E-state index contributed by atoms with van der Waals surface area (Å²) in [6, 6.07) is 0. The third-order valence-corrected chi connectivity index (χ3v) is 4.00. The van der Waals surface area contributed by atoms with E-state index in [0.717, 1.165) is 0 Å². The van der Waals surface area contributed by atoms with E-state index in [1.807, 2.05) is 0 Å². The van der Waals surface area contributed by atoms with Crippen molar-refractivity contribution in [3.05, 3.63) is 0 Å². The fourth-order valence-electron chi connectivity index (χ4n) is 2.81. The van der Waals surface area contributed by atoms with E-state index < -0.39 is 0 Å². The minimum atomic E-state index is 0.500. The van der Waals surface area contributed by atoms with E-state index in [-0.39, 0.29) is 0 Å². The minimum Gasteiger partial charge on any atom is -0.316 e. The van der Waals surface area contributed by atoms with Crippen LogP contribution in [-0.2, 0) is 0 Å². The van der Waals surface area contributed by atoms with Crippen LogP contribution in [-0.4, -0.2) is 13.1 Å². The molecule has 0 saturated heterocycles. The van der Waals surface area contributed by atoms with Gasteiger partial charge in [0.25, 0.3) is 0 Å². The molecule has 0 bridgehead atoms. The third-order valence-electron chi connectivity index (χ3n) is 4.00. The van der Waals surface area contributed by atoms with E-state index >= 15 is 0 Å². The zero-order chi connectivity index (χ0) is 12.1. The smallest absolute Gasteiger partial charge is 0.000781 e. The second-order valence-corrected chi connectivity index (χ2v) is 6.94. The molecule has 0 heterocycles. The van der Waals surface area contributed by atoms with Crippen molar-refractivity contribution in [3.8, 4) is 0 Å². The lowest BCUT2D eigenvalue weighted by Crippen LogP contribution is -2.33. The molecule has 0 aromatic heterocycles. The van der Waals surface area contributed by atoms with Crippen molar-refractivity contribution in [2.24, 2.45) is 10.8 Å². The molecule has 1 heteroatoms. The van der Waals surface area contributed by atoms with Crippen molar-refractivity contribution in [1.82, 2.24) is 5.32 Å². The fourth-order valence-corrected chi connectivity index (χ4v) is 2.81. The van der Waals surface area contributed by atoms with Gasteiger partial charge in [0.15, 0.2) is 0 Å². The van der Waals surface area contributed by atoms with Gasteiger partial charge in [0.2, 0.25) is 0 Å². The maximum atomic E-state index is 3.65. The van der Waals surface area contributed by atoms with Gasteiger partial charge >= 0.3 is 0 Å². The van der Waals surface area contributed by atoms with Gasteiger partial charge in [0.1, 0.15) is 0 Å². The predicted molar refractivity (Wildman–Crippen MR) is 72.8 cm³/mol. The van der Waals surface area contributed by atoms with Crippen molar-refractivity contribution in [2.45, 2.75) is 72.6 Å². The maximum absolute atomic E-state index is 3.65. The zero-order valence-corrected chi connectivity index (χ0v) is 11.9. The lowest BCUT2D eigenvalue weighted by atomic mass is 9.76. The van der Waals surface area contributed by atoms with Crippen molar-refractivity contribution >= 4 is 0 Å². The van der Waals surface area contributed by atoms with Crippen LogP contribution in [0.1, 0.15) is 72.6 Å². The average Bonchev–Trinajstić information content (AvgIpc) is 2.64. The van der Waals surface area contributed by atoms with Gasteiger partial charge in [-0.2, -0.15) is 0 Å². The van der Waals surface area contributed by atoms with Crippen molar-refractivity contribution < 1.29 is 0 Å². The molecule has 16 heavy (non-hydrogen) atoms. The Hall–Kier alpha value is -0.0400. The molecule has 0 radical (unpaired) electrons. The minimum absolute atomic E-state index is 0.500. The van der Waals surface area contributed by atoms with E-state index in [9.17, 15) is 0 Å². The van der Waals surface area contributed by atoms with Gasteiger partial charge in [-0.1, -0.05) is 40.5 Å². The Balaban J connectivity index is 2.39. The highest BCUT2D eigenvalue weighted by Gasteiger charge is 2.33. The summed E-state index contributed by atoms with van der Waals surface area (Å²) < 4.78 is 0. The van der Waals surface area contributed by atoms with Crippen LogP contribution in [0.3, 0.4) is 0 Å². The molecule has 1 aliphatic rings. The standard InChI is InChI=1S/C15H31N/c1-5-12-16-13-15(8-6-7-9-15)11-10-14(2,3)4/h16H,5-13H2,1-4H3. The fraction of sp³-hybridized carbons (Fsp3) is 1.00. The summed E-state index contributed by atoms with van der Waals surface area (Å²) in [6.07, 6.45) is 9.89. The van der Waals surface area contributed by atoms with Gasteiger partial charge in [-0.3, -0.25) is 0 Å². The topological polar surface area (TPSA) is 12.0 Å². The summed E-state index contributed by atoms with van der Waals surface area (Å²) >= 11 is 0. The Kier molecular flexibility index (Phi) is 5.30. The summed E-state index contributed by atoms with van der Waals surface area (Å²) in [5.41, 5.74) is 1.14. The van der Waals surface area contributed by atoms with E-state index in [1.54, 1.807) is 0 Å². The molecule has 0 aromatic rings. The molecule has 0 aromatic carbocycles. The Morgan fingerprint density at radius 1 is 1.12 bits per heavy atom. The van der Waals surface area contributed by atoms with E-state index in [1.165, 1.54) is 58.0 Å². The highest BCUT2D eigenvalue weighted by molar-refractivity contribution is 4.87. The van der Waals surface area contributed by atoms with Crippen molar-refractivity contribution in [3.63, 3.8) is 0 Å². The first-order valence-corrected chi connectivity index (χ1v) is 7.18. The molecule has 0 atom stereocenters. The highest BCUT2D eigenvalue weighted by Crippen LogP contribution is 2.43. The molecule has 0 amide bonds. The molecule has 1 aliphatic carbocycles. The molecule has 0 spiro atoms. The van der Waals surface area contributed by atoms with E-state index in [4.69, 9.17) is 0 Å². The quantitative estimate of drug-likeness (QED) is 0.662. The number of nitrogens with one attached hydrogen (secondary N) is 1. The van der Waals surface area contributed by atoms with Crippen LogP contribution < -0.4 is 5.32 Å². The predicted octanol–water partition coefficient (Wildman–Crippen LogP) is 4.37. The molecule has 1 saturated carbocycles. The Morgan fingerprint density at radius 2 is 1.75 bits per heavy atom. The van der Waals surface area contributed by atoms with E-state index in [2.05, 4.69) is 33.0 Å². The normalized spacial score (nSPS) is 20.2. The lowest BCUT2D eigenvalue weighted by molar-refractivity contribution is 0.210. The highest BCUT2D eigenvalue weighted by atomic mass is 14.9. The summed E-state index contributed by atoms with van der Waals surface area (Å²) in [6.45, 7) is 11.8. The van der Waals surface area contributed by atoms with Crippen LogP contribution in [0, 0.1) is 10.8 Å². The van der Waals surface area contributed by atoms with Crippen molar-refractivity contribution in [2.75, 3.05) is 13.1 Å². The molecule has 96 valence electrons. The Labute approximate surface area is 102 Å². The number of hydrogen-bond acceptors (Lipinski definition) is 1. The molecule has 0 unspecified atom stereocenters. The first-order valence-electron chi connectivity index (χ1n) is 7.18. The van der Waals surface area contributed by atoms with Crippen LogP contribution in [0.4, 0.5) is 0 Å². The Morgan fingerprint density at radius 3 is 2.25 bits per heavy atom. The first kappa shape index (κ1) is 14.0. The molecule has 1 fully saturated rings.